The van der Waals surface area contributed by atoms with Crippen LogP contribution in [0.15, 0.2) is 14.6 Å². The molecule has 0 bridgehead atoms. The van der Waals surface area contributed by atoms with Crippen LogP contribution in [-0.4, -0.2) is 14.8 Å². The quantitative estimate of drug-likeness (QED) is 0.899. The van der Waals surface area contributed by atoms with Crippen molar-refractivity contribution in [2.45, 2.75) is 20.0 Å². The summed E-state index contributed by atoms with van der Waals surface area (Å²) in [6.45, 7) is 3.31. The molecule has 0 radical (unpaired) electrons. The molecule has 0 spiro atoms. The van der Waals surface area contributed by atoms with Gasteiger partial charge in [0.2, 0.25) is 0 Å². The summed E-state index contributed by atoms with van der Waals surface area (Å²) in [5.74, 6) is 0. The number of H-pyrrole nitrogens is 1. The molecule has 0 aromatic carbocycles. The molecule has 0 unspecified atom stereocenters. The highest BCUT2D eigenvalue weighted by atomic mass is 79.9. The second kappa shape index (κ2) is 5.16. The summed E-state index contributed by atoms with van der Waals surface area (Å²) in [4.78, 5) is 13.7. The Kier molecular flexibility index (Phi) is 3.80. The highest BCUT2D eigenvalue weighted by molar-refractivity contribution is 9.10. The van der Waals surface area contributed by atoms with Crippen LogP contribution in [0.25, 0.3) is 0 Å². The first-order valence-corrected chi connectivity index (χ1v) is 6.80. The van der Waals surface area contributed by atoms with E-state index in [0.717, 1.165) is 21.6 Å². The maximum Gasteiger partial charge on any atom is 0.304 e. The summed E-state index contributed by atoms with van der Waals surface area (Å²) in [5.41, 5.74) is 2.99. The van der Waals surface area contributed by atoms with E-state index < -0.39 is 0 Å². The molecule has 0 aliphatic heterocycles. The number of nitrogens with one attached hydrogen (secondary N) is 2. The lowest BCUT2D eigenvalue weighted by atomic mass is 10.3. The van der Waals surface area contributed by atoms with Crippen LogP contribution in [0.4, 0.5) is 0 Å². The third kappa shape index (κ3) is 2.85. The first kappa shape index (κ1) is 12.5. The predicted octanol–water partition coefficient (Wildman–Crippen LogP) is 1.53. The molecule has 17 heavy (non-hydrogen) atoms. The molecule has 2 N–H and O–H groups in total. The zero-order valence-electron chi connectivity index (χ0n) is 9.58. The van der Waals surface area contributed by atoms with Gasteiger partial charge in [0.25, 0.3) is 0 Å². The van der Waals surface area contributed by atoms with Crippen LogP contribution in [-0.2, 0) is 20.1 Å². The van der Waals surface area contributed by atoms with Gasteiger partial charge in [-0.3, -0.25) is 9.48 Å². The third-order valence-electron chi connectivity index (χ3n) is 2.44. The largest absolute Gasteiger partial charge is 0.315 e. The number of aromatic nitrogens is 3. The summed E-state index contributed by atoms with van der Waals surface area (Å²) in [6.07, 6.45) is 0. The Balaban J connectivity index is 1.96. The Morgan fingerprint density at radius 2 is 2.35 bits per heavy atom. The van der Waals surface area contributed by atoms with Crippen molar-refractivity contribution in [1.29, 1.82) is 0 Å². The Labute approximate surface area is 111 Å². The van der Waals surface area contributed by atoms with E-state index in [1.165, 1.54) is 11.3 Å². The SMILES string of the molecule is Cc1nn(C)c(CNCc2csc(=O)[nH]2)c1Br. The average Bonchev–Trinajstić information content (AvgIpc) is 2.78. The summed E-state index contributed by atoms with van der Waals surface area (Å²) in [7, 11) is 1.92. The minimum Gasteiger partial charge on any atom is -0.315 e. The standard InChI is InChI=1S/C10H13BrN4OS/c1-6-9(11)8(15(2)14-6)4-12-3-7-5-17-10(16)13-7/h5,12H,3-4H2,1-2H3,(H,13,16). The van der Waals surface area contributed by atoms with Gasteiger partial charge in [-0.05, 0) is 22.9 Å². The fraction of sp³-hybridized carbons (Fsp3) is 0.400. The number of hydrogen-bond acceptors (Lipinski definition) is 4. The summed E-state index contributed by atoms with van der Waals surface area (Å²) in [5, 5.41) is 9.42. The Morgan fingerprint density at radius 3 is 2.88 bits per heavy atom. The van der Waals surface area contributed by atoms with Gasteiger partial charge in [0, 0.05) is 31.2 Å². The molecule has 0 aliphatic carbocycles. The van der Waals surface area contributed by atoms with Gasteiger partial charge in [-0.1, -0.05) is 11.3 Å². The molecule has 7 heteroatoms. The molecule has 92 valence electrons. The monoisotopic (exact) mass is 316 g/mol. The Hall–Kier alpha value is -0.920. The molecular weight excluding hydrogens is 304 g/mol. The van der Waals surface area contributed by atoms with Gasteiger partial charge in [-0.25, -0.2) is 0 Å². The molecule has 2 rings (SSSR count). The lowest BCUT2D eigenvalue weighted by Crippen LogP contribution is -2.16. The number of aromatic amines is 1. The lowest BCUT2D eigenvalue weighted by molar-refractivity contribution is 0.618. The van der Waals surface area contributed by atoms with Crippen LogP contribution >= 0.6 is 27.3 Å². The zero-order valence-corrected chi connectivity index (χ0v) is 12.0. The van der Waals surface area contributed by atoms with Crippen LogP contribution < -0.4 is 10.2 Å². The smallest absolute Gasteiger partial charge is 0.304 e. The van der Waals surface area contributed by atoms with Gasteiger partial charge in [0.1, 0.15) is 0 Å². The number of nitrogens with zero attached hydrogens (tertiary/aromatic N) is 2. The number of rotatable bonds is 4. The minimum absolute atomic E-state index is 0.0145. The number of hydrogen-bond donors (Lipinski definition) is 2. The van der Waals surface area contributed by atoms with Crippen LogP contribution in [0.1, 0.15) is 17.1 Å². The summed E-state index contributed by atoms with van der Waals surface area (Å²) >= 11 is 4.70. The van der Waals surface area contributed by atoms with E-state index in [4.69, 9.17) is 0 Å². The van der Waals surface area contributed by atoms with Crippen molar-refractivity contribution in [3.8, 4) is 0 Å². The molecule has 0 saturated carbocycles. The van der Waals surface area contributed by atoms with Gasteiger partial charge < -0.3 is 10.3 Å². The Bertz CT molecular complexity index is 571. The molecule has 0 amide bonds. The van der Waals surface area contributed by atoms with Gasteiger partial charge in [-0.15, -0.1) is 0 Å². The van der Waals surface area contributed by atoms with Crippen LogP contribution in [0.5, 0.6) is 0 Å². The average molecular weight is 317 g/mol. The van der Waals surface area contributed by atoms with E-state index in [1.54, 1.807) is 0 Å². The van der Waals surface area contributed by atoms with Gasteiger partial charge in [0.15, 0.2) is 0 Å². The normalized spacial score (nSPS) is 11.0. The van der Waals surface area contributed by atoms with Crippen LogP contribution in [0, 0.1) is 6.92 Å². The van der Waals surface area contributed by atoms with Crippen molar-refractivity contribution < 1.29 is 0 Å². The van der Waals surface area contributed by atoms with Gasteiger partial charge in [0.05, 0.1) is 15.9 Å². The lowest BCUT2D eigenvalue weighted by Gasteiger charge is -2.04. The van der Waals surface area contributed by atoms with Crippen molar-refractivity contribution in [2.75, 3.05) is 0 Å². The van der Waals surface area contributed by atoms with E-state index in [2.05, 4.69) is 31.3 Å². The molecule has 2 aromatic heterocycles. The molecular formula is C10H13BrN4OS. The van der Waals surface area contributed by atoms with Crippen molar-refractivity contribution >= 4 is 27.3 Å². The highest BCUT2D eigenvalue weighted by Crippen LogP contribution is 2.19. The maximum absolute atomic E-state index is 10.9. The second-order valence-electron chi connectivity index (χ2n) is 3.75. The van der Waals surface area contributed by atoms with Gasteiger partial charge in [-0.2, -0.15) is 5.10 Å². The Morgan fingerprint density at radius 1 is 1.59 bits per heavy atom. The highest BCUT2D eigenvalue weighted by Gasteiger charge is 2.09. The maximum atomic E-state index is 10.9. The van der Waals surface area contributed by atoms with Crippen LogP contribution in [0.2, 0.25) is 0 Å². The molecule has 0 saturated heterocycles. The number of aryl methyl sites for hydroxylation is 2. The topological polar surface area (TPSA) is 62.7 Å². The van der Waals surface area contributed by atoms with E-state index >= 15 is 0 Å². The van der Waals surface area contributed by atoms with E-state index in [0.29, 0.717) is 13.1 Å². The minimum atomic E-state index is -0.0145. The van der Waals surface area contributed by atoms with Crippen LogP contribution in [0.3, 0.4) is 0 Å². The predicted molar refractivity (Wildman–Crippen MR) is 71.1 cm³/mol. The summed E-state index contributed by atoms with van der Waals surface area (Å²) in [6, 6.07) is 0. The van der Waals surface area contributed by atoms with E-state index in [9.17, 15) is 4.79 Å². The zero-order chi connectivity index (χ0) is 12.4. The second-order valence-corrected chi connectivity index (χ2v) is 5.38. The molecule has 0 aliphatic rings. The number of thiazole rings is 1. The fourth-order valence-corrected chi connectivity index (χ4v) is 2.65. The first-order chi connectivity index (χ1) is 8.08. The number of halogens is 1. The summed E-state index contributed by atoms with van der Waals surface area (Å²) < 4.78 is 2.88. The molecule has 2 aromatic rings. The van der Waals surface area contributed by atoms with Crippen molar-refractivity contribution in [1.82, 2.24) is 20.1 Å². The molecule has 5 nitrogen and oxygen atoms in total. The first-order valence-electron chi connectivity index (χ1n) is 5.13. The molecule has 2 heterocycles. The molecule has 0 fully saturated rings. The van der Waals surface area contributed by atoms with Crippen molar-refractivity contribution in [2.24, 2.45) is 7.05 Å². The van der Waals surface area contributed by atoms with Crippen molar-refractivity contribution in [3.63, 3.8) is 0 Å². The van der Waals surface area contributed by atoms with E-state index in [1.807, 2.05) is 24.0 Å². The van der Waals surface area contributed by atoms with Crippen molar-refractivity contribution in [3.05, 3.63) is 36.6 Å². The molecule has 0 atom stereocenters. The third-order valence-corrected chi connectivity index (χ3v) is 4.19. The van der Waals surface area contributed by atoms with E-state index in [-0.39, 0.29) is 4.87 Å². The van der Waals surface area contributed by atoms with Gasteiger partial charge >= 0.3 is 4.87 Å². The fourth-order valence-electron chi connectivity index (χ4n) is 1.59.